The summed E-state index contributed by atoms with van der Waals surface area (Å²) in [6.45, 7) is 0.223. The van der Waals surface area contributed by atoms with E-state index in [9.17, 15) is 0 Å². The molecule has 5 nitrogen and oxygen atoms in total. The zero-order valence-electron chi connectivity index (χ0n) is 10.7. The van der Waals surface area contributed by atoms with Crippen LogP contribution < -0.4 is 20.9 Å². The lowest BCUT2D eigenvalue weighted by atomic mass is 9.84. The van der Waals surface area contributed by atoms with Crippen LogP contribution in [-0.2, 0) is 5.54 Å². The SMILES string of the molecule is NC1=Nc2cc3c(cc2C1(N)c1ccccc1)OCO3. The quantitative estimate of drug-likeness (QED) is 0.822. The third kappa shape index (κ3) is 1.32. The number of benzene rings is 2. The van der Waals surface area contributed by atoms with Crippen molar-refractivity contribution in [2.24, 2.45) is 16.5 Å². The molecule has 0 bridgehead atoms. The van der Waals surface area contributed by atoms with Gasteiger partial charge in [0.2, 0.25) is 6.79 Å². The molecule has 100 valence electrons. The molecule has 0 aromatic heterocycles. The fourth-order valence-corrected chi connectivity index (χ4v) is 2.70. The van der Waals surface area contributed by atoms with Crippen molar-refractivity contribution in [2.75, 3.05) is 6.79 Å². The highest BCUT2D eigenvalue weighted by Crippen LogP contribution is 2.46. The highest BCUT2D eigenvalue weighted by atomic mass is 16.7. The molecule has 2 aliphatic heterocycles. The van der Waals surface area contributed by atoms with Crippen LogP contribution in [0.25, 0.3) is 0 Å². The summed E-state index contributed by atoms with van der Waals surface area (Å²) in [5.74, 6) is 1.74. The minimum absolute atomic E-state index is 0.223. The topological polar surface area (TPSA) is 82.9 Å². The molecule has 4 rings (SSSR count). The van der Waals surface area contributed by atoms with E-state index in [0.29, 0.717) is 17.3 Å². The summed E-state index contributed by atoms with van der Waals surface area (Å²) in [5, 5.41) is 0. The monoisotopic (exact) mass is 267 g/mol. The molecule has 4 N–H and O–H groups in total. The highest BCUT2D eigenvalue weighted by Gasteiger charge is 2.41. The molecule has 0 radical (unpaired) electrons. The first-order valence-corrected chi connectivity index (χ1v) is 6.33. The Hall–Kier alpha value is -2.53. The molecule has 5 heteroatoms. The molecule has 0 fully saturated rings. The van der Waals surface area contributed by atoms with Crippen LogP contribution in [0.2, 0.25) is 0 Å². The van der Waals surface area contributed by atoms with Crippen LogP contribution in [-0.4, -0.2) is 12.6 Å². The maximum atomic E-state index is 6.58. The largest absolute Gasteiger partial charge is 0.454 e. The fourth-order valence-electron chi connectivity index (χ4n) is 2.70. The standard InChI is InChI=1S/C15H13N3O2/c16-14-15(17,9-4-2-1-3-5-9)10-6-12-13(20-8-19-12)7-11(10)18-14/h1-7H,8,17H2,(H2,16,18). The highest BCUT2D eigenvalue weighted by molar-refractivity contribution is 6.02. The number of aliphatic imine (C=N–C) groups is 1. The van der Waals surface area contributed by atoms with Gasteiger partial charge in [-0.15, -0.1) is 0 Å². The summed E-state index contributed by atoms with van der Waals surface area (Å²) in [6.07, 6.45) is 0. The molecule has 0 saturated heterocycles. The fraction of sp³-hybridized carbons (Fsp3) is 0.133. The molecule has 1 atom stereocenters. The summed E-state index contributed by atoms with van der Waals surface area (Å²) in [7, 11) is 0. The van der Waals surface area contributed by atoms with Gasteiger partial charge in [-0.3, -0.25) is 0 Å². The van der Waals surface area contributed by atoms with Crippen LogP contribution in [0.4, 0.5) is 5.69 Å². The Labute approximate surface area is 115 Å². The van der Waals surface area contributed by atoms with E-state index in [1.807, 2.05) is 42.5 Å². The number of hydrogen-bond acceptors (Lipinski definition) is 5. The van der Waals surface area contributed by atoms with E-state index < -0.39 is 5.54 Å². The molecular weight excluding hydrogens is 254 g/mol. The maximum Gasteiger partial charge on any atom is 0.231 e. The average Bonchev–Trinajstić information content (AvgIpc) is 3.02. The molecule has 2 aliphatic rings. The zero-order valence-corrected chi connectivity index (χ0v) is 10.7. The van der Waals surface area contributed by atoms with Crippen LogP contribution >= 0.6 is 0 Å². The average molecular weight is 267 g/mol. The van der Waals surface area contributed by atoms with Crippen molar-refractivity contribution in [1.29, 1.82) is 0 Å². The van der Waals surface area contributed by atoms with E-state index in [2.05, 4.69) is 4.99 Å². The second-order valence-corrected chi connectivity index (χ2v) is 4.89. The van der Waals surface area contributed by atoms with Gasteiger partial charge in [-0.05, 0) is 11.6 Å². The number of hydrogen-bond donors (Lipinski definition) is 2. The smallest absolute Gasteiger partial charge is 0.231 e. The number of nitrogens with zero attached hydrogens (tertiary/aromatic N) is 1. The van der Waals surface area contributed by atoms with Crippen molar-refractivity contribution in [3.63, 3.8) is 0 Å². The molecule has 1 unspecified atom stereocenters. The van der Waals surface area contributed by atoms with Crippen molar-refractivity contribution in [3.8, 4) is 11.5 Å². The minimum atomic E-state index is -0.919. The molecule has 0 aliphatic carbocycles. The summed E-state index contributed by atoms with van der Waals surface area (Å²) in [6, 6.07) is 13.4. The zero-order chi connectivity index (χ0) is 13.7. The second-order valence-electron chi connectivity index (χ2n) is 4.89. The van der Waals surface area contributed by atoms with Gasteiger partial charge in [-0.25, -0.2) is 4.99 Å². The summed E-state index contributed by atoms with van der Waals surface area (Å²) in [5.41, 5.74) is 14.2. The van der Waals surface area contributed by atoms with Crippen LogP contribution in [0.3, 0.4) is 0 Å². The number of rotatable bonds is 1. The molecular formula is C15H13N3O2. The van der Waals surface area contributed by atoms with Gasteiger partial charge in [0.05, 0.1) is 5.69 Å². The molecule has 20 heavy (non-hydrogen) atoms. The van der Waals surface area contributed by atoms with Crippen LogP contribution in [0.15, 0.2) is 47.5 Å². The van der Waals surface area contributed by atoms with E-state index in [1.54, 1.807) is 0 Å². The predicted octanol–water partition coefficient (Wildman–Crippen LogP) is 1.62. The molecule has 0 saturated carbocycles. The van der Waals surface area contributed by atoms with Gasteiger partial charge < -0.3 is 20.9 Å². The second kappa shape index (κ2) is 3.74. The summed E-state index contributed by atoms with van der Waals surface area (Å²) in [4.78, 5) is 4.39. The van der Waals surface area contributed by atoms with Gasteiger partial charge in [0.1, 0.15) is 11.4 Å². The van der Waals surface area contributed by atoms with Gasteiger partial charge in [0.15, 0.2) is 11.5 Å². The maximum absolute atomic E-state index is 6.58. The summed E-state index contributed by atoms with van der Waals surface area (Å²) < 4.78 is 10.8. The summed E-state index contributed by atoms with van der Waals surface area (Å²) >= 11 is 0. The minimum Gasteiger partial charge on any atom is -0.454 e. The van der Waals surface area contributed by atoms with Crippen molar-refractivity contribution in [1.82, 2.24) is 0 Å². The predicted molar refractivity (Wildman–Crippen MR) is 75.3 cm³/mol. The van der Waals surface area contributed by atoms with Gasteiger partial charge >= 0.3 is 0 Å². The van der Waals surface area contributed by atoms with Crippen molar-refractivity contribution >= 4 is 11.5 Å². The normalized spacial score (nSPS) is 22.6. The third-order valence-corrected chi connectivity index (χ3v) is 3.79. The molecule has 2 aromatic carbocycles. The Morgan fingerprint density at radius 3 is 2.50 bits per heavy atom. The first-order valence-electron chi connectivity index (χ1n) is 6.33. The number of nitrogens with two attached hydrogens (primary N) is 2. The Kier molecular flexibility index (Phi) is 2.11. The molecule has 2 heterocycles. The van der Waals surface area contributed by atoms with Gasteiger partial charge in [-0.2, -0.15) is 0 Å². The van der Waals surface area contributed by atoms with Crippen molar-refractivity contribution in [3.05, 3.63) is 53.6 Å². The van der Waals surface area contributed by atoms with Crippen LogP contribution in [0, 0.1) is 0 Å². The Morgan fingerprint density at radius 2 is 1.75 bits per heavy atom. The number of amidine groups is 1. The van der Waals surface area contributed by atoms with E-state index in [1.165, 1.54) is 0 Å². The molecule has 2 aromatic rings. The lowest BCUT2D eigenvalue weighted by Crippen LogP contribution is -2.47. The Morgan fingerprint density at radius 1 is 1.05 bits per heavy atom. The third-order valence-electron chi connectivity index (χ3n) is 3.79. The van der Waals surface area contributed by atoms with Crippen LogP contribution in [0.1, 0.15) is 11.1 Å². The van der Waals surface area contributed by atoms with Crippen LogP contribution in [0.5, 0.6) is 11.5 Å². The van der Waals surface area contributed by atoms with Crippen molar-refractivity contribution < 1.29 is 9.47 Å². The Balaban J connectivity index is 1.95. The molecule has 0 amide bonds. The number of ether oxygens (including phenoxy) is 2. The van der Waals surface area contributed by atoms with E-state index in [-0.39, 0.29) is 6.79 Å². The van der Waals surface area contributed by atoms with Gasteiger partial charge in [0, 0.05) is 11.6 Å². The number of fused-ring (bicyclic) bond motifs is 2. The first-order chi connectivity index (χ1) is 9.69. The Bertz CT molecular complexity index is 727. The van der Waals surface area contributed by atoms with E-state index >= 15 is 0 Å². The van der Waals surface area contributed by atoms with Gasteiger partial charge in [-0.1, -0.05) is 30.3 Å². The molecule has 0 spiro atoms. The lowest BCUT2D eigenvalue weighted by molar-refractivity contribution is 0.174. The van der Waals surface area contributed by atoms with Gasteiger partial charge in [0.25, 0.3) is 0 Å². The van der Waals surface area contributed by atoms with Crippen molar-refractivity contribution in [2.45, 2.75) is 5.54 Å². The van der Waals surface area contributed by atoms with E-state index in [0.717, 1.165) is 16.8 Å². The first kappa shape index (κ1) is 11.3. The van der Waals surface area contributed by atoms with E-state index in [4.69, 9.17) is 20.9 Å². The lowest BCUT2D eigenvalue weighted by Gasteiger charge is -2.26.